The molecule has 0 atom stereocenters. The van der Waals surface area contributed by atoms with Crippen LogP contribution in [0.2, 0.25) is 0 Å². The van der Waals surface area contributed by atoms with Crippen molar-refractivity contribution in [2.24, 2.45) is 0 Å². The van der Waals surface area contributed by atoms with Crippen LogP contribution in [0.3, 0.4) is 0 Å². The molecule has 120 heavy (non-hydrogen) atoms. The Morgan fingerprint density at radius 3 is 1.11 bits per heavy atom. The van der Waals surface area contributed by atoms with E-state index in [-0.39, 0.29) is 0 Å². The van der Waals surface area contributed by atoms with Crippen molar-refractivity contribution in [2.75, 3.05) is 0 Å². The fourth-order valence-corrected chi connectivity index (χ4v) is 18.3. The maximum absolute atomic E-state index is 5.47. The largest absolute Gasteiger partial charge is 0.264 e. The monoisotopic (exact) mass is 1530 g/mol. The highest BCUT2D eigenvalue weighted by Gasteiger charge is 2.24. The third-order valence-corrected chi connectivity index (χ3v) is 23.9. The smallest absolute Gasteiger partial charge is 0.160 e. The topological polar surface area (TPSA) is 77.3 Å². The molecule has 0 amide bonds. The van der Waals surface area contributed by atoms with E-state index in [2.05, 4.69) is 398 Å². The summed E-state index contributed by atoms with van der Waals surface area (Å²) in [4.78, 5) is 30.4. The van der Waals surface area contributed by atoms with E-state index in [9.17, 15) is 0 Å². The van der Waals surface area contributed by atoms with Gasteiger partial charge in [0.1, 0.15) is 0 Å². The fraction of sp³-hybridized carbons (Fsp3) is 0.0175. The zero-order valence-electron chi connectivity index (χ0n) is 65.5. The van der Waals surface area contributed by atoms with Gasteiger partial charge < -0.3 is 0 Å². The Morgan fingerprint density at radius 2 is 0.575 bits per heavy atom. The molecule has 0 fully saturated rings. The van der Waals surface area contributed by atoms with E-state index in [4.69, 9.17) is 19.9 Å². The van der Waals surface area contributed by atoms with E-state index in [1.165, 1.54) is 131 Å². The molecule has 4 heterocycles. The predicted octanol–water partition coefficient (Wildman–Crippen LogP) is 30.1. The SMILES string of the molecule is C1=C(c2cccnc2)CCC=C1c1cc(-c2cc3ccccc3c3ccccc23)nc(-c2cccc(-c3c4ccccc4c(-c4ccc5ccccc5c4)c4ccccc34)c2)n1.c1cncc(-c2cccc(-c3cc(-c4cccc5ccccc45)nc(-c4cccc(-c5c6ccccc6c(-c6ccc7ccccc7c6)c6ccccc56)c4)n3)c2)c1. The van der Waals surface area contributed by atoms with Crippen LogP contribution in [0.5, 0.6) is 0 Å². The van der Waals surface area contributed by atoms with E-state index in [1.54, 1.807) is 6.20 Å². The lowest BCUT2D eigenvalue weighted by atomic mass is 9.85. The first-order valence-corrected chi connectivity index (χ1v) is 41.0. The van der Waals surface area contributed by atoms with Gasteiger partial charge in [0.15, 0.2) is 11.6 Å². The van der Waals surface area contributed by atoms with E-state index in [0.717, 1.165) is 102 Å². The highest BCUT2D eigenvalue weighted by molar-refractivity contribution is 6.24. The van der Waals surface area contributed by atoms with Crippen LogP contribution in [0.25, 0.3) is 220 Å². The summed E-state index contributed by atoms with van der Waals surface area (Å²) in [5.41, 5.74) is 23.9. The minimum Gasteiger partial charge on any atom is -0.264 e. The standard InChI is InChI=1S/C59H39N3.C55H35N3/c1-2-15-39-33-44(30-29-38(39)14-1)58-52-27-9-7-25-50(52)57(51-26-8-10-28-53(51)58)43-19-12-20-45(34-43)59-61-55(42-18-11-17-40(32-42)46-21-13-31-60-37-46)36-56(62-59)54-35-41-16-3-4-22-47(41)48-23-5-6-24-49(48)54;1-2-15-38-32-42(29-28-36(38)13-1)54-49-25-7-5-23-47(49)53(48-24-6-8-26-50(48)54)41-19-10-20-43(33-41)55-57-51(40-18-9-17-39(31-40)44-21-12-30-56-35-44)34-52(58-55)46-27-11-16-37-14-3-4-22-45(37)46/h1-10,12-16,18-37H,11,17H2;1-35H. The molecule has 23 rings (SSSR count). The summed E-state index contributed by atoms with van der Waals surface area (Å²) in [5.74, 6) is 1.37. The van der Waals surface area contributed by atoms with Crippen molar-refractivity contribution in [3.63, 3.8) is 0 Å². The van der Waals surface area contributed by atoms with Gasteiger partial charge in [-0.1, -0.05) is 334 Å². The highest BCUT2D eigenvalue weighted by Crippen LogP contribution is 2.49. The number of allylic oxidation sites excluding steroid dienone is 4. The molecule has 6 heteroatoms. The van der Waals surface area contributed by atoms with Gasteiger partial charge in [-0.15, -0.1) is 0 Å². The van der Waals surface area contributed by atoms with Gasteiger partial charge in [-0.2, -0.15) is 0 Å². The molecule has 22 aromatic rings. The molecule has 0 bridgehead atoms. The minimum absolute atomic E-state index is 0.676. The number of pyridine rings is 2. The van der Waals surface area contributed by atoms with E-state index in [0.29, 0.717) is 11.6 Å². The molecule has 0 aliphatic heterocycles. The number of rotatable bonds is 12. The lowest BCUT2D eigenvalue weighted by Crippen LogP contribution is -2.01. The van der Waals surface area contributed by atoms with Crippen molar-refractivity contribution < 1.29 is 0 Å². The van der Waals surface area contributed by atoms with Gasteiger partial charge in [-0.25, -0.2) is 19.9 Å². The quantitative estimate of drug-likeness (QED) is 0.0896. The first kappa shape index (κ1) is 70.8. The predicted molar refractivity (Wildman–Crippen MR) is 503 cm³/mol. The number of nitrogens with zero attached hydrogens (tertiary/aromatic N) is 6. The first-order valence-electron chi connectivity index (χ1n) is 41.0. The summed E-state index contributed by atoms with van der Waals surface area (Å²) in [7, 11) is 0. The van der Waals surface area contributed by atoms with Gasteiger partial charge in [0.25, 0.3) is 0 Å². The van der Waals surface area contributed by atoms with Crippen LogP contribution in [0.4, 0.5) is 0 Å². The molecular formula is C114H74N6. The second kappa shape index (κ2) is 30.5. The van der Waals surface area contributed by atoms with Gasteiger partial charge in [-0.3, -0.25) is 9.97 Å². The molecule has 0 unspecified atom stereocenters. The first-order chi connectivity index (χ1) is 59.5. The van der Waals surface area contributed by atoms with Gasteiger partial charge in [-0.05, 0) is 243 Å². The molecule has 0 saturated heterocycles. The molecule has 0 N–H and O–H groups in total. The maximum atomic E-state index is 5.47. The number of benzene rings is 18. The van der Waals surface area contributed by atoms with Crippen molar-refractivity contribution >= 4 is 108 Å². The average molecular weight is 1530 g/mol. The lowest BCUT2D eigenvalue weighted by Gasteiger charge is -2.19. The molecule has 0 saturated carbocycles. The van der Waals surface area contributed by atoms with Crippen LogP contribution in [0, 0.1) is 0 Å². The van der Waals surface area contributed by atoms with Crippen LogP contribution in [0.1, 0.15) is 24.1 Å². The molecule has 560 valence electrons. The van der Waals surface area contributed by atoms with Crippen molar-refractivity contribution in [1.82, 2.24) is 29.9 Å². The average Bonchev–Trinajstić information content (AvgIpc) is 0.724. The van der Waals surface area contributed by atoms with Gasteiger partial charge in [0.2, 0.25) is 0 Å². The number of aromatic nitrogens is 6. The molecule has 4 aromatic heterocycles. The lowest BCUT2D eigenvalue weighted by molar-refractivity contribution is 1.05. The Hall–Kier alpha value is -15.8. The van der Waals surface area contributed by atoms with Crippen LogP contribution in [0.15, 0.2) is 425 Å². The Kier molecular flexibility index (Phi) is 18.0. The Labute approximate surface area is 694 Å². The number of fused-ring (bicyclic) bond motifs is 10. The second-order valence-corrected chi connectivity index (χ2v) is 31.0. The molecule has 1 aliphatic rings. The molecule has 0 radical (unpaired) electrons. The van der Waals surface area contributed by atoms with Crippen LogP contribution >= 0.6 is 0 Å². The second-order valence-electron chi connectivity index (χ2n) is 31.0. The summed E-state index contributed by atoms with van der Waals surface area (Å²) < 4.78 is 0. The van der Waals surface area contributed by atoms with E-state index >= 15 is 0 Å². The molecule has 6 nitrogen and oxygen atoms in total. The van der Waals surface area contributed by atoms with Gasteiger partial charge in [0, 0.05) is 58.2 Å². The fourth-order valence-electron chi connectivity index (χ4n) is 18.3. The van der Waals surface area contributed by atoms with E-state index in [1.807, 2.05) is 30.7 Å². The molecule has 18 aromatic carbocycles. The third kappa shape index (κ3) is 13.1. The zero-order chi connectivity index (χ0) is 79.4. The van der Waals surface area contributed by atoms with E-state index < -0.39 is 0 Å². The van der Waals surface area contributed by atoms with Crippen molar-refractivity contribution in [3.8, 4) is 112 Å². The maximum Gasteiger partial charge on any atom is 0.160 e. The molecular weight excluding hydrogens is 1450 g/mol. The zero-order valence-corrected chi connectivity index (χ0v) is 65.5. The van der Waals surface area contributed by atoms with Gasteiger partial charge in [0.05, 0.1) is 22.8 Å². The summed E-state index contributed by atoms with van der Waals surface area (Å²) in [6.07, 6.45) is 14.0. The summed E-state index contributed by atoms with van der Waals surface area (Å²) in [6.45, 7) is 0. The van der Waals surface area contributed by atoms with Crippen LogP contribution in [-0.2, 0) is 0 Å². The van der Waals surface area contributed by atoms with Crippen LogP contribution in [-0.4, -0.2) is 29.9 Å². The normalized spacial score (nSPS) is 12.2. The van der Waals surface area contributed by atoms with Gasteiger partial charge >= 0.3 is 0 Å². The van der Waals surface area contributed by atoms with Crippen molar-refractivity contribution in [2.45, 2.75) is 12.8 Å². The Balaban J connectivity index is 0.000000144. The summed E-state index contributed by atoms with van der Waals surface area (Å²) >= 11 is 0. The summed E-state index contributed by atoms with van der Waals surface area (Å²) in [6, 6.07) is 140. The Morgan fingerprint density at radius 1 is 0.200 bits per heavy atom. The van der Waals surface area contributed by atoms with Crippen molar-refractivity contribution in [1.29, 1.82) is 0 Å². The Bertz CT molecular complexity index is 7800. The van der Waals surface area contributed by atoms with Crippen LogP contribution < -0.4 is 0 Å². The third-order valence-electron chi connectivity index (χ3n) is 23.9. The highest BCUT2D eigenvalue weighted by atomic mass is 14.9. The molecule has 0 spiro atoms. The number of hydrogen-bond acceptors (Lipinski definition) is 6. The minimum atomic E-state index is 0.676. The van der Waals surface area contributed by atoms with Crippen molar-refractivity contribution in [3.05, 3.63) is 436 Å². The number of hydrogen-bond donors (Lipinski definition) is 0. The molecule has 1 aliphatic carbocycles. The summed E-state index contributed by atoms with van der Waals surface area (Å²) in [5, 5.41) is 21.8.